The van der Waals surface area contributed by atoms with Gasteiger partial charge in [0.25, 0.3) is 0 Å². The van der Waals surface area contributed by atoms with Gasteiger partial charge in [-0.15, -0.1) is 0 Å². The number of rotatable bonds is 3. The van der Waals surface area contributed by atoms with E-state index < -0.39 is 4.75 Å². The molecule has 2 nitrogen and oxygen atoms in total. The predicted molar refractivity (Wildman–Crippen MR) is 104 cm³/mol. The normalized spacial score (nSPS) is 28.8. The molecule has 2 aliphatic rings. The van der Waals surface area contributed by atoms with E-state index in [9.17, 15) is 9.18 Å². The Kier molecular flexibility index (Phi) is 5.57. The van der Waals surface area contributed by atoms with E-state index in [-0.39, 0.29) is 5.82 Å². The lowest BCUT2D eigenvalue weighted by Gasteiger charge is -2.30. The van der Waals surface area contributed by atoms with Crippen LogP contribution in [0.5, 0.6) is 0 Å². The number of aliphatic imine (C=N–C) groups is 1. The molecule has 4 heteroatoms. The number of hydrogen-bond donors (Lipinski definition) is 0. The summed E-state index contributed by atoms with van der Waals surface area (Å²) in [5.74, 6) is 0.532. The van der Waals surface area contributed by atoms with Gasteiger partial charge in [0.1, 0.15) is 11.6 Å². The molecule has 2 atom stereocenters. The lowest BCUT2D eigenvalue weighted by atomic mass is 9.84. The number of hydrogen-bond acceptors (Lipinski definition) is 3. The molecule has 132 valence electrons. The number of ketones is 1. The van der Waals surface area contributed by atoms with E-state index in [0.717, 1.165) is 36.4 Å². The molecule has 1 aromatic carbocycles. The quantitative estimate of drug-likeness (QED) is 0.662. The maximum Gasteiger partial charge on any atom is 0.149 e. The van der Waals surface area contributed by atoms with Crippen LogP contribution in [-0.4, -0.2) is 15.6 Å². The zero-order chi connectivity index (χ0) is 17.9. The molecule has 0 amide bonds. The molecule has 0 spiro atoms. The van der Waals surface area contributed by atoms with E-state index in [4.69, 9.17) is 0 Å². The summed E-state index contributed by atoms with van der Waals surface area (Å²) in [7, 11) is 0. The molecular weight excluding hydrogens is 333 g/mol. The van der Waals surface area contributed by atoms with Crippen LogP contribution in [0.1, 0.15) is 46.0 Å². The average Bonchev–Trinajstić information content (AvgIpc) is 2.71. The fourth-order valence-electron chi connectivity index (χ4n) is 3.32. The third-order valence-corrected chi connectivity index (χ3v) is 6.27. The summed E-state index contributed by atoms with van der Waals surface area (Å²) in [4.78, 5) is 17.5. The zero-order valence-corrected chi connectivity index (χ0v) is 15.6. The summed E-state index contributed by atoms with van der Waals surface area (Å²) < 4.78 is 12.6. The summed E-state index contributed by atoms with van der Waals surface area (Å²) in [6, 6.07) is 6.21. The molecule has 0 bridgehead atoms. The molecule has 1 heterocycles. The smallest absolute Gasteiger partial charge is 0.149 e. The molecule has 1 saturated heterocycles. The summed E-state index contributed by atoms with van der Waals surface area (Å²) in [5.41, 5.74) is 2.09. The second kappa shape index (κ2) is 7.69. The SMILES string of the molecule is CC1CC=CC=C1CC1(C)SC(=Nc2ccc(F)cc2)CCCC1=O. The van der Waals surface area contributed by atoms with E-state index in [1.807, 2.05) is 0 Å². The molecule has 1 aromatic rings. The Morgan fingerprint density at radius 1 is 1.28 bits per heavy atom. The number of thioether (sulfide) groups is 1. The summed E-state index contributed by atoms with van der Waals surface area (Å²) in [6.07, 6.45) is 10.5. The highest BCUT2D eigenvalue weighted by Crippen LogP contribution is 2.42. The number of halogens is 1. The molecule has 0 saturated carbocycles. The van der Waals surface area contributed by atoms with Crippen molar-refractivity contribution in [2.75, 3.05) is 0 Å². The van der Waals surface area contributed by atoms with Gasteiger partial charge >= 0.3 is 0 Å². The van der Waals surface area contributed by atoms with Gasteiger partial charge in [-0.3, -0.25) is 4.79 Å². The van der Waals surface area contributed by atoms with Crippen LogP contribution in [0.15, 0.2) is 53.1 Å². The van der Waals surface area contributed by atoms with Crippen LogP contribution in [0.4, 0.5) is 10.1 Å². The Balaban J connectivity index is 1.84. The lowest BCUT2D eigenvalue weighted by molar-refractivity contribution is -0.121. The highest BCUT2D eigenvalue weighted by atomic mass is 32.2. The van der Waals surface area contributed by atoms with E-state index in [1.54, 1.807) is 23.9 Å². The molecule has 2 unspecified atom stereocenters. The van der Waals surface area contributed by atoms with Gasteiger partial charge in [0, 0.05) is 6.42 Å². The number of carbonyl (C=O) groups is 1. The molecule has 0 N–H and O–H groups in total. The molecule has 1 aliphatic heterocycles. The van der Waals surface area contributed by atoms with Gasteiger partial charge in [-0.1, -0.05) is 42.5 Å². The molecule has 3 rings (SSSR count). The summed E-state index contributed by atoms with van der Waals surface area (Å²) in [5, 5.41) is 0.972. The number of carbonyl (C=O) groups excluding carboxylic acids is 1. The second-order valence-corrected chi connectivity index (χ2v) is 8.65. The third-order valence-electron chi connectivity index (χ3n) is 4.92. The maximum atomic E-state index is 13.1. The van der Waals surface area contributed by atoms with Crippen molar-refractivity contribution in [3.63, 3.8) is 0 Å². The Labute approximate surface area is 153 Å². The van der Waals surface area contributed by atoms with E-state index in [2.05, 4.69) is 37.1 Å². The predicted octanol–water partition coefficient (Wildman–Crippen LogP) is 6.01. The van der Waals surface area contributed by atoms with Crippen molar-refractivity contribution >= 4 is 28.3 Å². The van der Waals surface area contributed by atoms with Crippen LogP contribution < -0.4 is 0 Å². The minimum Gasteiger partial charge on any atom is -0.298 e. The first kappa shape index (κ1) is 18.1. The number of Topliss-reactive ketones (excluding diaryl/α,β-unsaturated/α-hetero) is 1. The Bertz CT molecular complexity index is 735. The topological polar surface area (TPSA) is 29.4 Å². The van der Waals surface area contributed by atoms with Gasteiger partial charge in [-0.05, 0) is 62.8 Å². The fraction of sp³-hybridized carbons (Fsp3) is 0.429. The molecule has 0 aromatic heterocycles. The Morgan fingerprint density at radius 2 is 2.04 bits per heavy atom. The van der Waals surface area contributed by atoms with Crippen LogP contribution in [0, 0.1) is 11.7 Å². The monoisotopic (exact) mass is 357 g/mol. The molecule has 0 radical (unpaired) electrons. The van der Waals surface area contributed by atoms with Crippen molar-refractivity contribution < 1.29 is 9.18 Å². The second-order valence-electron chi connectivity index (χ2n) is 7.07. The number of nitrogens with zero attached hydrogens (tertiary/aromatic N) is 1. The van der Waals surface area contributed by atoms with Crippen molar-refractivity contribution in [3.8, 4) is 0 Å². The molecular formula is C21H24FNOS. The first-order chi connectivity index (χ1) is 12.0. The summed E-state index contributed by atoms with van der Waals surface area (Å²) in [6.45, 7) is 4.27. The van der Waals surface area contributed by atoms with Crippen LogP contribution in [0.2, 0.25) is 0 Å². The first-order valence-corrected chi connectivity index (χ1v) is 9.69. The zero-order valence-electron chi connectivity index (χ0n) is 14.8. The average molecular weight is 357 g/mol. The maximum absolute atomic E-state index is 13.1. The van der Waals surface area contributed by atoms with Crippen LogP contribution in [0.25, 0.3) is 0 Å². The highest BCUT2D eigenvalue weighted by molar-refractivity contribution is 8.15. The summed E-state index contributed by atoms with van der Waals surface area (Å²) >= 11 is 1.60. The van der Waals surface area contributed by atoms with E-state index in [1.165, 1.54) is 17.7 Å². The Morgan fingerprint density at radius 3 is 2.76 bits per heavy atom. The van der Waals surface area contributed by atoms with Crippen molar-refractivity contribution in [1.82, 2.24) is 0 Å². The number of allylic oxidation sites excluding steroid dienone is 4. The van der Waals surface area contributed by atoms with Gasteiger partial charge in [0.15, 0.2) is 0 Å². The molecule has 1 aliphatic carbocycles. The van der Waals surface area contributed by atoms with Gasteiger partial charge in [-0.25, -0.2) is 9.38 Å². The highest BCUT2D eigenvalue weighted by Gasteiger charge is 2.38. The lowest BCUT2D eigenvalue weighted by Crippen LogP contribution is -2.33. The van der Waals surface area contributed by atoms with Crippen molar-refractivity contribution in [1.29, 1.82) is 0 Å². The first-order valence-electron chi connectivity index (χ1n) is 8.87. The van der Waals surface area contributed by atoms with Crippen molar-refractivity contribution in [3.05, 3.63) is 53.9 Å². The number of benzene rings is 1. The minimum atomic E-state index is -0.472. The van der Waals surface area contributed by atoms with Crippen molar-refractivity contribution in [2.45, 2.75) is 50.7 Å². The van der Waals surface area contributed by atoms with Crippen LogP contribution >= 0.6 is 11.8 Å². The molecule has 25 heavy (non-hydrogen) atoms. The fourth-order valence-corrected chi connectivity index (χ4v) is 4.69. The third kappa shape index (κ3) is 4.49. The van der Waals surface area contributed by atoms with Gasteiger partial charge in [0.2, 0.25) is 0 Å². The van der Waals surface area contributed by atoms with Gasteiger partial charge in [-0.2, -0.15) is 0 Å². The van der Waals surface area contributed by atoms with Crippen LogP contribution in [0.3, 0.4) is 0 Å². The largest absolute Gasteiger partial charge is 0.298 e. The minimum absolute atomic E-state index is 0.260. The Hall–Kier alpha value is -1.68. The molecule has 1 fully saturated rings. The van der Waals surface area contributed by atoms with Crippen LogP contribution in [-0.2, 0) is 4.79 Å². The standard InChI is InChI=1S/C21H24FNOS/c1-15-6-3-4-7-16(15)14-21(2)19(24)8-5-9-20(25-21)23-18-12-10-17(22)11-13-18/h3-4,7,10-13,15H,5-6,8-9,14H2,1-2H3. The van der Waals surface area contributed by atoms with E-state index >= 15 is 0 Å². The van der Waals surface area contributed by atoms with Gasteiger partial charge in [0.05, 0.1) is 15.5 Å². The van der Waals surface area contributed by atoms with Gasteiger partial charge < -0.3 is 0 Å². The van der Waals surface area contributed by atoms with E-state index in [0.29, 0.717) is 18.1 Å². The van der Waals surface area contributed by atoms with Crippen molar-refractivity contribution in [2.24, 2.45) is 10.9 Å².